The highest BCUT2D eigenvalue weighted by Gasteiger charge is 2.27. The molecule has 1 aromatic rings. The third-order valence-corrected chi connectivity index (χ3v) is 6.89. The molecule has 0 aliphatic carbocycles. The number of aromatic carboxylic acids is 1. The number of sulfonamides is 1. The molecule has 1 aromatic carbocycles. The molecule has 3 rings (SSSR count). The Balaban J connectivity index is 1.76. The predicted molar refractivity (Wildman–Crippen MR) is 107 cm³/mol. The number of anilines is 2. The molecule has 2 fully saturated rings. The van der Waals surface area contributed by atoms with Gasteiger partial charge in [0.1, 0.15) is 0 Å². The zero-order valence-corrected chi connectivity index (χ0v) is 16.7. The van der Waals surface area contributed by atoms with Crippen LogP contribution in [0.4, 0.5) is 11.4 Å². The lowest BCUT2D eigenvalue weighted by Gasteiger charge is -2.41. The van der Waals surface area contributed by atoms with Crippen LogP contribution >= 0.6 is 0 Å². The summed E-state index contributed by atoms with van der Waals surface area (Å²) in [5, 5.41) is 9.25. The van der Waals surface area contributed by atoms with Crippen molar-refractivity contribution in [2.45, 2.75) is 45.1 Å². The third kappa shape index (κ3) is 4.93. The summed E-state index contributed by atoms with van der Waals surface area (Å²) in [6.07, 6.45) is 5.97. The van der Waals surface area contributed by atoms with E-state index in [4.69, 9.17) is 0 Å². The summed E-state index contributed by atoms with van der Waals surface area (Å²) in [7, 11) is -3.48. The monoisotopic (exact) mass is 395 g/mol. The van der Waals surface area contributed by atoms with Gasteiger partial charge in [0.2, 0.25) is 10.0 Å². The standard InChI is InChI=1S/C19H29N3O4S/c1-2-27(25,26)20-17-14-15(19(23)24)6-7-18(17)22-12-8-16(9-13-22)21-10-4-3-5-11-21/h6-7,14,16,20H,2-5,8-13H2,1H3,(H,23,24). The maximum Gasteiger partial charge on any atom is 0.335 e. The van der Waals surface area contributed by atoms with E-state index in [0.717, 1.165) is 31.6 Å². The number of carbonyl (C=O) groups is 1. The molecule has 7 nitrogen and oxygen atoms in total. The Morgan fingerprint density at radius 1 is 1.15 bits per heavy atom. The number of nitrogens with zero attached hydrogens (tertiary/aromatic N) is 2. The SMILES string of the molecule is CCS(=O)(=O)Nc1cc(C(=O)O)ccc1N1CCC(N2CCCCC2)CC1. The van der Waals surface area contributed by atoms with Crippen LogP contribution in [0.3, 0.4) is 0 Å². The minimum absolute atomic E-state index is 0.0548. The zero-order chi connectivity index (χ0) is 19.4. The predicted octanol–water partition coefficient (Wildman–Crippen LogP) is 2.60. The van der Waals surface area contributed by atoms with E-state index in [2.05, 4.69) is 14.5 Å². The van der Waals surface area contributed by atoms with Crippen molar-refractivity contribution >= 4 is 27.4 Å². The number of benzene rings is 1. The molecule has 0 amide bonds. The van der Waals surface area contributed by atoms with Gasteiger partial charge in [0, 0.05) is 19.1 Å². The van der Waals surface area contributed by atoms with Crippen molar-refractivity contribution in [3.05, 3.63) is 23.8 Å². The van der Waals surface area contributed by atoms with E-state index in [1.165, 1.54) is 44.5 Å². The Kier molecular flexibility index (Phi) is 6.26. The van der Waals surface area contributed by atoms with E-state index in [9.17, 15) is 18.3 Å². The van der Waals surface area contributed by atoms with Crippen molar-refractivity contribution < 1.29 is 18.3 Å². The van der Waals surface area contributed by atoms with Gasteiger partial charge in [-0.2, -0.15) is 0 Å². The average molecular weight is 396 g/mol. The number of rotatable bonds is 6. The Morgan fingerprint density at radius 3 is 2.41 bits per heavy atom. The van der Waals surface area contributed by atoms with Crippen LogP contribution in [0.1, 0.15) is 49.4 Å². The molecular weight excluding hydrogens is 366 g/mol. The van der Waals surface area contributed by atoms with Crippen molar-refractivity contribution in [1.82, 2.24) is 4.90 Å². The van der Waals surface area contributed by atoms with E-state index < -0.39 is 16.0 Å². The van der Waals surface area contributed by atoms with Gasteiger partial charge in [0.05, 0.1) is 22.7 Å². The lowest BCUT2D eigenvalue weighted by atomic mass is 9.99. The molecule has 0 spiro atoms. The number of likely N-dealkylation sites (tertiary alicyclic amines) is 1. The fourth-order valence-corrected chi connectivity index (χ4v) is 4.66. The number of nitrogens with one attached hydrogen (secondary N) is 1. The van der Waals surface area contributed by atoms with Crippen LogP contribution in [0, 0.1) is 0 Å². The first kappa shape index (κ1) is 19.9. The molecular formula is C19H29N3O4S. The Hall–Kier alpha value is -1.80. The Morgan fingerprint density at radius 2 is 1.81 bits per heavy atom. The number of hydrogen-bond acceptors (Lipinski definition) is 5. The largest absolute Gasteiger partial charge is 0.478 e. The molecule has 0 saturated carbocycles. The van der Waals surface area contributed by atoms with Gasteiger partial charge in [-0.15, -0.1) is 0 Å². The van der Waals surface area contributed by atoms with Crippen LogP contribution in [0.25, 0.3) is 0 Å². The topological polar surface area (TPSA) is 89.9 Å². The molecule has 2 saturated heterocycles. The second-order valence-electron chi connectivity index (χ2n) is 7.36. The molecule has 27 heavy (non-hydrogen) atoms. The summed E-state index contributed by atoms with van der Waals surface area (Å²) in [5.41, 5.74) is 1.19. The van der Waals surface area contributed by atoms with Crippen LogP contribution in [-0.4, -0.2) is 62.4 Å². The van der Waals surface area contributed by atoms with Crippen LogP contribution < -0.4 is 9.62 Å². The molecule has 2 aliphatic heterocycles. The molecule has 0 aromatic heterocycles. The minimum atomic E-state index is -3.48. The number of piperidine rings is 2. The van der Waals surface area contributed by atoms with Crippen molar-refractivity contribution in [2.75, 3.05) is 41.6 Å². The van der Waals surface area contributed by atoms with Gasteiger partial charge in [-0.1, -0.05) is 6.42 Å². The van der Waals surface area contributed by atoms with E-state index in [-0.39, 0.29) is 11.3 Å². The Bertz CT molecular complexity index is 767. The molecule has 0 bridgehead atoms. The fourth-order valence-electron chi connectivity index (χ4n) is 4.02. The molecule has 0 radical (unpaired) electrons. The van der Waals surface area contributed by atoms with Crippen molar-refractivity contribution in [3.63, 3.8) is 0 Å². The highest BCUT2D eigenvalue weighted by molar-refractivity contribution is 7.92. The molecule has 2 heterocycles. The molecule has 2 aliphatic rings. The van der Waals surface area contributed by atoms with Crippen LogP contribution in [-0.2, 0) is 10.0 Å². The molecule has 0 unspecified atom stereocenters. The highest BCUT2D eigenvalue weighted by atomic mass is 32.2. The second-order valence-corrected chi connectivity index (χ2v) is 9.37. The van der Waals surface area contributed by atoms with E-state index in [1.54, 1.807) is 13.0 Å². The second kappa shape index (κ2) is 8.48. The van der Waals surface area contributed by atoms with Gasteiger partial charge in [-0.25, -0.2) is 13.2 Å². The molecule has 2 N–H and O–H groups in total. The molecule has 150 valence electrons. The normalized spacial score (nSPS) is 19.8. The van der Waals surface area contributed by atoms with Gasteiger partial charge in [0.25, 0.3) is 0 Å². The van der Waals surface area contributed by atoms with Gasteiger partial charge >= 0.3 is 5.97 Å². The maximum atomic E-state index is 12.1. The van der Waals surface area contributed by atoms with Crippen molar-refractivity contribution in [2.24, 2.45) is 0 Å². The van der Waals surface area contributed by atoms with Gasteiger partial charge in [-0.05, 0) is 63.9 Å². The van der Waals surface area contributed by atoms with Crippen LogP contribution in [0.5, 0.6) is 0 Å². The maximum absolute atomic E-state index is 12.1. The third-order valence-electron chi connectivity index (χ3n) is 5.60. The van der Waals surface area contributed by atoms with Crippen molar-refractivity contribution in [1.29, 1.82) is 0 Å². The summed E-state index contributed by atoms with van der Waals surface area (Å²) < 4.78 is 26.7. The fraction of sp³-hybridized carbons (Fsp3) is 0.632. The Labute approximate surface area is 161 Å². The van der Waals surface area contributed by atoms with Crippen LogP contribution in [0.2, 0.25) is 0 Å². The number of carboxylic acid groups (broad SMARTS) is 1. The summed E-state index contributed by atoms with van der Waals surface area (Å²) in [5.74, 6) is -1.12. The van der Waals surface area contributed by atoms with Gasteiger partial charge in [0.15, 0.2) is 0 Å². The number of carboxylic acids is 1. The highest BCUT2D eigenvalue weighted by Crippen LogP contribution is 2.32. The first-order valence-corrected chi connectivity index (χ1v) is 11.4. The van der Waals surface area contributed by atoms with Gasteiger partial charge < -0.3 is 14.9 Å². The van der Waals surface area contributed by atoms with Crippen LogP contribution in [0.15, 0.2) is 18.2 Å². The first-order valence-electron chi connectivity index (χ1n) is 9.76. The quantitative estimate of drug-likeness (QED) is 0.770. The summed E-state index contributed by atoms with van der Waals surface area (Å²) in [4.78, 5) is 16.1. The van der Waals surface area contributed by atoms with E-state index in [0.29, 0.717) is 11.7 Å². The van der Waals surface area contributed by atoms with E-state index in [1.807, 2.05) is 0 Å². The van der Waals surface area contributed by atoms with E-state index >= 15 is 0 Å². The lowest BCUT2D eigenvalue weighted by Crippen LogP contribution is -2.46. The lowest BCUT2D eigenvalue weighted by molar-refractivity contribution is 0.0697. The van der Waals surface area contributed by atoms with Gasteiger partial charge in [-0.3, -0.25) is 4.72 Å². The summed E-state index contributed by atoms with van der Waals surface area (Å²) in [6.45, 7) is 5.61. The minimum Gasteiger partial charge on any atom is -0.478 e. The summed E-state index contributed by atoms with van der Waals surface area (Å²) in [6, 6.07) is 5.27. The average Bonchev–Trinajstić information content (AvgIpc) is 2.68. The summed E-state index contributed by atoms with van der Waals surface area (Å²) >= 11 is 0. The first-order chi connectivity index (χ1) is 12.9. The molecule has 0 atom stereocenters. The smallest absolute Gasteiger partial charge is 0.335 e. The molecule has 8 heteroatoms. The number of hydrogen-bond donors (Lipinski definition) is 2. The zero-order valence-electron chi connectivity index (χ0n) is 15.9. The van der Waals surface area contributed by atoms with Crippen molar-refractivity contribution in [3.8, 4) is 0 Å².